The third kappa shape index (κ3) is 6.59. The van der Waals surface area contributed by atoms with E-state index in [0.29, 0.717) is 12.2 Å². The second-order valence-corrected chi connectivity index (χ2v) is 2.28. The van der Waals surface area contributed by atoms with Gasteiger partial charge >= 0.3 is 11.9 Å². The number of aliphatic hydroxyl groups is 1. The third-order valence-electron chi connectivity index (χ3n) is 1.03. The molecule has 0 aromatic heterocycles. The van der Waals surface area contributed by atoms with Gasteiger partial charge in [-0.15, -0.1) is 0 Å². The lowest BCUT2D eigenvalue weighted by Gasteiger charge is -1.90. The van der Waals surface area contributed by atoms with Crippen molar-refractivity contribution in [2.45, 2.75) is 6.42 Å². The molecule has 0 saturated heterocycles. The quantitative estimate of drug-likeness (QED) is 0.251. The first-order chi connectivity index (χ1) is 6.41. The average molecular weight is 200 g/mol. The van der Waals surface area contributed by atoms with Crippen LogP contribution in [0.5, 0.6) is 0 Å². The van der Waals surface area contributed by atoms with Crippen molar-refractivity contribution < 1.29 is 29.7 Å². The van der Waals surface area contributed by atoms with Crippen LogP contribution in [0.1, 0.15) is 6.42 Å². The van der Waals surface area contributed by atoms with Crippen LogP contribution in [0.15, 0.2) is 24.0 Å². The van der Waals surface area contributed by atoms with E-state index in [9.17, 15) is 14.4 Å². The molecular weight excluding hydrogens is 192 g/mol. The highest BCUT2D eigenvalue weighted by Gasteiger charge is 2.04. The first-order valence-electron chi connectivity index (χ1n) is 3.48. The van der Waals surface area contributed by atoms with Crippen LogP contribution in [0.2, 0.25) is 0 Å². The summed E-state index contributed by atoms with van der Waals surface area (Å²) in [4.78, 5) is 30.7. The number of ketones is 1. The lowest BCUT2D eigenvalue weighted by molar-refractivity contribution is -0.139. The van der Waals surface area contributed by atoms with Gasteiger partial charge in [0, 0.05) is 12.2 Å². The van der Waals surface area contributed by atoms with Crippen molar-refractivity contribution in [3.63, 3.8) is 0 Å². The number of aliphatic carboxylic acids is 2. The number of rotatable bonds is 5. The number of carbonyl (C=O) groups excluding carboxylic acids is 1. The van der Waals surface area contributed by atoms with Gasteiger partial charge in [0.25, 0.3) is 0 Å². The Morgan fingerprint density at radius 3 is 2.00 bits per heavy atom. The number of carboxylic acids is 2. The van der Waals surface area contributed by atoms with Crippen LogP contribution in [-0.4, -0.2) is 33.0 Å². The highest BCUT2D eigenvalue weighted by molar-refractivity contribution is 6.01. The van der Waals surface area contributed by atoms with E-state index in [0.717, 1.165) is 6.08 Å². The van der Waals surface area contributed by atoms with Crippen LogP contribution in [0.3, 0.4) is 0 Å². The minimum Gasteiger partial charge on any atom is -0.508 e. The second kappa shape index (κ2) is 5.52. The van der Waals surface area contributed by atoms with E-state index in [1.54, 1.807) is 0 Å². The Morgan fingerprint density at radius 1 is 1.00 bits per heavy atom. The van der Waals surface area contributed by atoms with E-state index < -0.39 is 29.9 Å². The molecule has 0 aliphatic carbocycles. The van der Waals surface area contributed by atoms with Gasteiger partial charge in [0.15, 0.2) is 5.78 Å². The predicted octanol–water partition coefficient (Wildman–Crippen LogP) is 0.113. The van der Waals surface area contributed by atoms with E-state index in [-0.39, 0.29) is 0 Å². The molecule has 0 fully saturated rings. The van der Waals surface area contributed by atoms with Gasteiger partial charge < -0.3 is 15.3 Å². The van der Waals surface area contributed by atoms with Gasteiger partial charge in [0.2, 0.25) is 0 Å². The molecule has 0 heterocycles. The molecule has 0 unspecified atom stereocenters. The SMILES string of the molecule is O=C(O)/C=C\C(O)=C\C(=O)CC(=O)O. The van der Waals surface area contributed by atoms with Crippen molar-refractivity contribution in [3.05, 3.63) is 24.0 Å². The van der Waals surface area contributed by atoms with E-state index in [1.807, 2.05) is 0 Å². The van der Waals surface area contributed by atoms with Crippen molar-refractivity contribution in [1.82, 2.24) is 0 Å². The van der Waals surface area contributed by atoms with Crippen LogP contribution in [-0.2, 0) is 14.4 Å². The average Bonchev–Trinajstić information content (AvgIpc) is 1.98. The molecule has 3 N–H and O–H groups in total. The van der Waals surface area contributed by atoms with Gasteiger partial charge in [-0.05, 0) is 6.08 Å². The molecule has 0 aromatic rings. The van der Waals surface area contributed by atoms with Crippen LogP contribution in [0, 0.1) is 0 Å². The number of carbonyl (C=O) groups is 3. The van der Waals surface area contributed by atoms with Crippen molar-refractivity contribution in [3.8, 4) is 0 Å². The highest BCUT2D eigenvalue weighted by Crippen LogP contribution is 1.94. The Balaban J connectivity index is 4.30. The minimum atomic E-state index is -1.32. The monoisotopic (exact) mass is 200 g/mol. The van der Waals surface area contributed by atoms with Gasteiger partial charge in [-0.2, -0.15) is 0 Å². The normalized spacial score (nSPS) is 11.6. The van der Waals surface area contributed by atoms with Gasteiger partial charge in [-0.1, -0.05) is 0 Å². The maximum absolute atomic E-state index is 10.7. The fraction of sp³-hybridized carbons (Fsp3) is 0.125. The smallest absolute Gasteiger partial charge is 0.328 e. The molecule has 76 valence electrons. The molecular formula is C8H8O6. The van der Waals surface area contributed by atoms with Crippen LogP contribution < -0.4 is 0 Å². The topological polar surface area (TPSA) is 112 Å². The minimum absolute atomic E-state index is 0.598. The van der Waals surface area contributed by atoms with Gasteiger partial charge in [-0.3, -0.25) is 9.59 Å². The van der Waals surface area contributed by atoms with Gasteiger partial charge in [0.05, 0.1) is 0 Å². The lowest BCUT2D eigenvalue weighted by Crippen LogP contribution is -2.04. The molecule has 0 saturated carbocycles. The number of carboxylic acid groups (broad SMARTS) is 2. The Morgan fingerprint density at radius 2 is 1.57 bits per heavy atom. The van der Waals surface area contributed by atoms with E-state index >= 15 is 0 Å². The maximum atomic E-state index is 10.7. The summed E-state index contributed by atoms with van der Waals surface area (Å²) in [5.74, 6) is -4.01. The fourth-order valence-electron chi connectivity index (χ4n) is 0.570. The zero-order valence-electron chi connectivity index (χ0n) is 7.01. The number of aliphatic hydroxyl groups excluding tert-OH is 1. The van der Waals surface area contributed by atoms with Crippen molar-refractivity contribution in [2.24, 2.45) is 0 Å². The summed E-state index contributed by atoms with van der Waals surface area (Å²) in [6.45, 7) is 0. The highest BCUT2D eigenvalue weighted by atomic mass is 16.4. The standard InChI is InChI=1S/C8H8O6/c9-5(1-2-7(11)12)3-6(10)4-8(13)14/h1-3,9H,4H2,(H,11,12)(H,13,14)/b2-1-,5-3-. The lowest BCUT2D eigenvalue weighted by atomic mass is 10.2. The first-order valence-corrected chi connectivity index (χ1v) is 3.48. The Bertz CT molecular complexity index is 312. The molecule has 6 nitrogen and oxygen atoms in total. The van der Waals surface area contributed by atoms with E-state index in [4.69, 9.17) is 15.3 Å². The Hall–Kier alpha value is -2.11. The van der Waals surface area contributed by atoms with E-state index in [1.165, 1.54) is 0 Å². The van der Waals surface area contributed by atoms with Gasteiger partial charge in [-0.25, -0.2) is 4.79 Å². The predicted molar refractivity (Wildman–Crippen MR) is 44.7 cm³/mol. The van der Waals surface area contributed by atoms with Crippen LogP contribution >= 0.6 is 0 Å². The van der Waals surface area contributed by atoms with E-state index in [2.05, 4.69) is 0 Å². The number of hydrogen-bond donors (Lipinski definition) is 3. The van der Waals surface area contributed by atoms with Crippen molar-refractivity contribution >= 4 is 17.7 Å². The van der Waals surface area contributed by atoms with Crippen molar-refractivity contribution in [2.75, 3.05) is 0 Å². The van der Waals surface area contributed by atoms with Crippen LogP contribution in [0.4, 0.5) is 0 Å². The largest absolute Gasteiger partial charge is 0.508 e. The number of allylic oxidation sites excluding steroid dienone is 2. The molecule has 6 heteroatoms. The van der Waals surface area contributed by atoms with Crippen LogP contribution in [0.25, 0.3) is 0 Å². The summed E-state index contributed by atoms with van der Waals surface area (Å²) in [6, 6.07) is 0. The molecule has 0 aromatic carbocycles. The molecule has 0 atom stereocenters. The zero-order chi connectivity index (χ0) is 11.1. The number of hydrogen-bond acceptors (Lipinski definition) is 4. The molecule has 0 radical (unpaired) electrons. The van der Waals surface area contributed by atoms with Crippen molar-refractivity contribution in [1.29, 1.82) is 0 Å². The summed E-state index contributed by atoms with van der Waals surface area (Å²) >= 11 is 0. The molecule has 0 rings (SSSR count). The second-order valence-electron chi connectivity index (χ2n) is 2.28. The molecule has 14 heavy (non-hydrogen) atoms. The first kappa shape index (κ1) is 11.9. The summed E-state index contributed by atoms with van der Waals surface area (Å²) in [7, 11) is 0. The molecule has 0 aliphatic rings. The zero-order valence-corrected chi connectivity index (χ0v) is 7.01. The molecule has 0 aliphatic heterocycles. The summed E-state index contributed by atoms with van der Waals surface area (Å²) in [6.07, 6.45) is 1.31. The summed E-state index contributed by atoms with van der Waals surface area (Å²) < 4.78 is 0. The Kier molecular flexibility index (Phi) is 4.69. The molecule has 0 bridgehead atoms. The summed E-state index contributed by atoms with van der Waals surface area (Å²) in [5.41, 5.74) is 0. The summed E-state index contributed by atoms with van der Waals surface area (Å²) in [5, 5.41) is 25.2. The molecule has 0 spiro atoms. The van der Waals surface area contributed by atoms with Gasteiger partial charge in [0.1, 0.15) is 12.2 Å². The maximum Gasteiger partial charge on any atom is 0.328 e. The fourth-order valence-corrected chi connectivity index (χ4v) is 0.570. The third-order valence-corrected chi connectivity index (χ3v) is 1.03. The molecule has 0 amide bonds. The Labute approximate surface area is 78.8 Å².